The third-order valence-electron chi connectivity index (χ3n) is 4.97. The van der Waals surface area contributed by atoms with Crippen molar-refractivity contribution in [3.05, 3.63) is 30.1 Å². The number of fused-ring (bicyclic) bond motifs is 1. The molecule has 0 aliphatic carbocycles. The van der Waals surface area contributed by atoms with Crippen LogP contribution in [0.5, 0.6) is 0 Å². The molecule has 5 nitrogen and oxygen atoms in total. The summed E-state index contributed by atoms with van der Waals surface area (Å²) in [4.78, 5) is 8.02. The smallest absolute Gasteiger partial charge is 0.107 e. The van der Waals surface area contributed by atoms with Gasteiger partial charge < -0.3 is 21.4 Å². The second kappa shape index (κ2) is 25.5. The number of halogens is 4. The van der Waals surface area contributed by atoms with Gasteiger partial charge in [-0.05, 0) is 77.0 Å². The third kappa shape index (κ3) is 16.9. The summed E-state index contributed by atoms with van der Waals surface area (Å²) < 4.78 is 0. The van der Waals surface area contributed by atoms with Crippen LogP contribution in [0.1, 0.15) is 71.0 Å². The van der Waals surface area contributed by atoms with E-state index in [1.54, 1.807) is 0 Å². The Morgan fingerprint density at radius 1 is 0.688 bits per heavy atom. The number of hydrogen-bond donors (Lipinski definition) is 4. The van der Waals surface area contributed by atoms with Gasteiger partial charge >= 0.3 is 0 Å². The number of nitrogens with two attached hydrogens (primary N) is 1. The third-order valence-corrected chi connectivity index (χ3v) is 4.97. The summed E-state index contributed by atoms with van der Waals surface area (Å²) in [6, 6.07) is 8.23. The normalized spacial score (nSPS) is 9.66. The maximum absolute atomic E-state index is 5.50. The Bertz CT molecular complexity index is 580. The summed E-state index contributed by atoms with van der Waals surface area (Å²) in [5.41, 5.74) is 7.71. The van der Waals surface area contributed by atoms with Crippen LogP contribution in [0.3, 0.4) is 0 Å². The highest BCUT2D eigenvalue weighted by molar-refractivity contribution is 5.74. The summed E-state index contributed by atoms with van der Waals surface area (Å²) in [5.74, 6) is 1.10. The molecule has 0 radical (unpaired) electrons. The van der Waals surface area contributed by atoms with Crippen LogP contribution < -0.4 is 16.4 Å². The Hall–Kier alpha value is -1.71. The standard InChI is InChI=1S/C22H39N5.CH4.4FH/c23-15-7-1-2-8-16-24-17-9-3-4-10-18-25-19-11-14-22-26-20-12-5-6-13-21(20)27-22;;;;;/h5-6,12-13,24-25H,1-4,7-11,14-19,23H2,(H,26,27);1H4;4*1H. The van der Waals surface area contributed by atoms with Gasteiger partial charge in [0.2, 0.25) is 0 Å². The van der Waals surface area contributed by atoms with Gasteiger partial charge in [-0.1, -0.05) is 45.2 Å². The van der Waals surface area contributed by atoms with Gasteiger partial charge in [0.1, 0.15) is 5.82 Å². The van der Waals surface area contributed by atoms with Gasteiger partial charge in [-0.3, -0.25) is 18.8 Å². The Morgan fingerprint density at radius 2 is 1.19 bits per heavy atom. The predicted molar refractivity (Wildman–Crippen MR) is 133 cm³/mol. The van der Waals surface area contributed by atoms with Gasteiger partial charge in [0.25, 0.3) is 0 Å². The lowest BCUT2D eigenvalue weighted by atomic mass is 10.2. The minimum atomic E-state index is 0. The molecule has 192 valence electrons. The molecule has 0 aliphatic heterocycles. The van der Waals surface area contributed by atoms with Crippen molar-refractivity contribution in [3.63, 3.8) is 0 Å². The van der Waals surface area contributed by atoms with Gasteiger partial charge in [-0.25, -0.2) is 4.98 Å². The van der Waals surface area contributed by atoms with Crippen LogP contribution in [-0.4, -0.2) is 42.7 Å². The van der Waals surface area contributed by atoms with E-state index in [4.69, 9.17) is 5.73 Å². The first kappa shape index (κ1) is 37.6. The number of rotatable bonds is 17. The van der Waals surface area contributed by atoms with Crippen molar-refractivity contribution < 1.29 is 18.8 Å². The van der Waals surface area contributed by atoms with Gasteiger partial charge in [-0.15, -0.1) is 0 Å². The number of benzene rings is 1. The number of aromatic amines is 1. The number of H-pyrrole nitrogens is 1. The van der Waals surface area contributed by atoms with Gasteiger partial charge in [-0.2, -0.15) is 0 Å². The number of unbranched alkanes of at least 4 members (excludes halogenated alkanes) is 6. The molecule has 0 fully saturated rings. The van der Waals surface area contributed by atoms with Crippen molar-refractivity contribution in [1.29, 1.82) is 0 Å². The van der Waals surface area contributed by atoms with Crippen LogP contribution in [0, 0.1) is 0 Å². The first-order valence-corrected chi connectivity index (χ1v) is 11.0. The Morgan fingerprint density at radius 3 is 1.72 bits per heavy atom. The largest absolute Gasteiger partial charge is 0.342 e. The van der Waals surface area contributed by atoms with Crippen molar-refractivity contribution in [3.8, 4) is 0 Å². The fraction of sp³-hybridized carbons (Fsp3) is 0.696. The molecule has 5 N–H and O–H groups in total. The molecule has 9 heteroatoms. The maximum Gasteiger partial charge on any atom is 0.107 e. The molecule has 2 rings (SSSR count). The monoisotopic (exact) mass is 469 g/mol. The van der Waals surface area contributed by atoms with Crippen LogP contribution in [0.15, 0.2) is 24.3 Å². The highest BCUT2D eigenvalue weighted by Crippen LogP contribution is 2.11. The van der Waals surface area contributed by atoms with Crippen molar-refractivity contribution >= 4 is 11.0 Å². The first-order valence-electron chi connectivity index (χ1n) is 11.0. The van der Waals surface area contributed by atoms with Crippen LogP contribution in [0.25, 0.3) is 11.0 Å². The Balaban J connectivity index is -0.000000784. The molecule has 1 heterocycles. The topological polar surface area (TPSA) is 78.8 Å². The SMILES string of the molecule is C.F.F.F.F.NCCCCCCNCCCCCCNCCCc1nc2ccccc2[nH]1. The second-order valence-corrected chi connectivity index (χ2v) is 7.42. The lowest BCUT2D eigenvalue weighted by molar-refractivity contribution is 0.543. The number of nitrogens with zero attached hydrogens (tertiary/aromatic N) is 1. The molecular weight excluding hydrogens is 422 g/mol. The van der Waals surface area contributed by atoms with Crippen molar-refractivity contribution in [1.82, 2.24) is 20.6 Å². The summed E-state index contributed by atoms with van der Waals surface area (Å²) >= 11 is 0. The van der Waals surface area contributed by atoms with E-state index in [0.717, 1.165) is 55.9 Å². The van der Waals surface area contributed by atoms with Crippen molar-refractivity contribution in [2.75, 3.05) is 32.7 Å². The number of nitrogens with one attached hydrogen (secondary N) is 3. The molecule has 0 spiro atoms. The molecule has 0 saturated heterocycles. The van der Waals surface area contributed by atoms with Gasteiger partial charge in [0, 0.05) is 6.42 Å². The quantitative estimate of drug-likeness (QED) is 0.194. The molecule has 32 heavy (non-hydrogen) atoms. The zero-order valence-corrected chi connectivity index (χ0v) is 18.6. The van der Waals surface area contributed by atoms with Crippen LogP contribution in [0.4, 0.5) is 18.8 Å². The molecule has 0 bridgehead atoms. The van der Waals surface area contributed by atoms with E-state index in [-0.39, 0.29) is 26.2 Å². The lowest BCUT2D eigenvalue weighted by Gasteiger charge is -2.06. The number of aromatic nitrogens is 2. The van der Waals surface area contributed by atoms with Crippen LogP contribution >= 0.6 is 0 Å². The fourth-order valence-corrected chi connectivity index (χ4v) is 3.36. The number of imidazole rings is 1. The van der Waals surface area contributed by atoms with E-state index in [1.165, 1.54) is 57.9 Å². The van der Waals surface area contributed by atoms with Gasteiger partial charge in [0.15, 0.2) is 0 Å². The van der Waals surface area contributed by atoms with E-state index in [1.807, 2.05) is 12.1 Å². The summed E-state index contributed by atoms with van der Waals surface area (Å²) in [5, 5.41) is 7.11. The number of aryl methyl sites for hydroxylation is 1. The van der Waals surface area contributed by atoms with Crippen molar-refractivity contribution in [2.24, 2.45) is 5.73 Å². The molecule has 0 saturated carbocycles. The highest BCUT2D eigenvalue weighted by atomic mass is 19.0. The molecule has 1 aromatic carbocycles. The minimum absolute atomic E-state index is 0. The molecule has 1 aromatic heterocycles. The van der Waals surface area contributed by atoms with Gasteiger partial charge in [0.05, 0.1) is 11.0 Å². The van der Waals surface area contributed by atoms with Crippen LogP contribution in [0.2, 0.25) is 0 Å². The van der Waals surface area contributed by atoms with E-state index in [2.05, 4.69) is 32.7 Å². The van der Waals surface area contributed by atoms with E-state index in [0.29, 0.717) is 0 Å². The average molecular weight is 470 g/mol. The predicted octanol–water partition coefficient (Wildman–Crippen LogP) is 5.00. The molecule has 0 aliphatic rings. The highest BCUT2D eigenvalue weighted by Gasteiger charge is 2.01. The Kier molecular flexibility index (Phi) is 30.0. The van der Waals surface area contributed by atoms with E-state index in [9.17, 15) is 0 Å². The molecular formula is C23H47F4N5. The van der Waals surface area contributed by atoms with Crippen molar-refractivity contribution in [2.45, 2.75) is 71.6 Å². The second-order valence-electron chi connectivity index (χ2n) is 7.42. The summed E-state index contributed by atoms with van der Waals surface area (Å²) in [6.45, 7) is 5.38. The molecule has 2 aromatic rings. The first-order chi connectivity index (χ1) is 13.4. The zero-order valence-electron chi connectivity index (χ0n) is 18.6. The minimum Gasteiger partial charge on any atom is -0.342 e. The summed E-state index contributed by atoms with van der Waals surface area (Å²) in [6.07, 6.45) is 12.4. The number of hydrogen-bond acceptors (Lipinski definition) is 4. The molecule has 0 atom stereocenters. The van der Waals surface area contributed by atoms with Crippen LogP contribution in [-0.2, 0) is 6.42 Å². The number of para-hydroxylation sites is 2. The molecule has 0 unspecified atom stereocenters. The summed E-state index contributed by atoms with van der Waals surface area (Å²) in [7, 11) is 0. The fourth-order valence-electron chi connectivity index (χ4n) is 3.36. The maximum atomic E-state index is 5.50. The molecule has 0 amide bonds. The van der Waals surface area contributed by atoms with E-state index < -0.39 is 0 Å². The zero-order chi connectivity index (χ0) is 19.0. The van der Waals surface area contributed by atoms with E-state index >= 15 is 0 Å². The average Bonchev–Trinajstić information content (AvgIpc) is 3.10. The lowest BCUT2D eigenvalue weighted by Crippen LogP contribution is -2.18. The Labute approximate surface area is 191 Å².